The molecule has 3 rings (SSSR count). The van der Waals surface area contributed by atoms with Gasteiger partial charge in [0.1, 0.15) is 0 Å². The van der Waals surface area contributed by atoms with Crippen molar-refractivity contribution in [3.8, 4) is 0 Å². The highest BCUT2D eigenvalue weighted by Crippen LogP contribution is 2.48. The molecule has 4 atom stereocenters. The number of halogens is 1. The zero-order valence-corrected chi connectivity index (χ0v) is 14.3. The lowest BCUT2D eigenvalue weighted by molar-refractivity contribution is -0.121. The summed E-state index contributed by atoms with van der Waals surface area (Å²) in [6.07, 6.45) is 3.36. The third-order valence-corrected chi connectivity index (χ3v) is 5.19. The van der Waals surface area contributed by atoms with Crippen LogP contribution in [0.4, 0.5) is 11.4 Å². The van der Waals surface area contributed by atoms with Crippen LogP contribution in [-0.2, 0) is 9.59 Å². The van der Waals surface area contributed by atoms with Gasteiger partial charge in [-0.15, -0.1) is 12.4 Å². The summed E-state index contributed by atoms with van der Waals surface area (Å²) in [6.45, 7) is 3.36. The van der Waals surface area contributed by atoms with Gasteiger partial charge in [0.05, 0.1) is 5.92 Å². The fraction of sp³-hybridized carbons (Fsp3) is 0.529. The molecule has 0 spiro atoms. The first-order valence-electron chi connectivity index (χ1n) is 7.91. The summed E-state index contributed by atoms with van der Waals surface area (Å²) >= 11 is 0. The van der Waals surface area contributed by atoms with E-state index >= 15 is 0 Å². The van der Waals surface area contributed by atoms with Gasteiger partial charge >= 0.3 is 0 Å². The minimum atomic E-state index is -0.123. The van der Waals surface area contributed by atoms with E-state index in [1.165, 1.54) is 6.92 Å². The molecule has 0 heterocycles. The zero-order valence-electron chi connectivity index (χ0n) is 13.5. The third kappa shape index (κ3) is 3.35. The van der Waals surface area contributed by atoms with Crippen molar-refractivity contribution in [2.75, 3.05) is 10.6 Å². The third-order valence-electron chi connectivity index (χ3n) is 5.19. The van der Waals surface area contributed by atoms with E-state index in [1.54, 1.807) is 0 Å². The van der Waals surface area contributed by atoms with Crippen molar-refractivity contribution >= 4 is 35.6 Å². The van der Waals surface area contributed by atoms with Crippen LogP contribution in [0.1, 0.15) is 31.7 Å². The van der Waals surface area contributed by atoms with Crippen LogP contribution in [0.15, 0.2) is 18.2 Å². The second-order valence-corrected chi connectivity index (χ2v) is 6.58. The van der Waals surface area contributed by atoms with Crippen LogP contribution < -0.4 is 16.4 Å². The number of rotatable bonds is 3. The molecule has 2 fully saturated rings. The topological polar surface area (TPSA) is 84.2 Å². The van der Waals surface area contributed by atoms with Crippen LogP contribution >= 0.6 is 12.4 Å². The van der Waals surface area contributed by atoms with Crippen molar-refractivity contribution in [3.63, 3.8) is 0 Å². The normalized spacial score (nSPS) is 28.1. The second-order valence-electron chi connectivity index (χ2n) is 6.58. The van der Waals surface area contributed by atoms with E-state index in [0.29, 0.717) is 11.8 Å². The van der Waals surface area contributed by atoms with Crippen molar-refractivity contribution in [3.05, 3.63) is 23.8 Å². The van der Waals surface area contributed by atoms with Crippen LogP contribution in [0, 0.1) is 24.7 Å². The van der Waals surface area contributed by atoms with Crippen molar-refractivity contribution in [2.24, 2.45) is 23.5 Å². The number of nitrogens with two attached hydrogens (primary N) is 1. The second kappa shape index (κ2) is 6.89. The average Bonchev–Trinajstić information content (AvgIpc) is 3.03. The average molecular weight is 338 g/mol. The maximum Gasteiger partial charge on any atom is 0.229 e. The Morgan fingerprint density at radius 1 is 1.13 bits per heavy atom. The van der Waals surface area contributed by atoms with Crippen LogP contribution in [0.2, 0.25) is 0 Å². The Morgan fingerprint density at radius 3 is 2.30 bits per heavy atom. The number of nitrogens with one attached hydrogen (secondary N) is 2. The predicted molar refractivity (Wildman–Crippen MR) is 93.7 cm³/mol. The van der Waals surface area contributed by atoms with Crippen molar-refractivity contribution in [1.82, 2.24) is 0 Å². The Labute approximate surface area is 142 Å². The highest BCUT2D eigenvalue weighted by atomic mass is 35.5. The smallest absolute Gasteiger partial charge is 0.229 e. The number of benzene rings is 1. The minimum absolute atomic E-state index is 0. The summed E-state index contributed by atoms with van der Waals surface area (Å²) in [7, 11) is 0. The van der Waals surface area contributed by atoms with Gasteiger partial charge in [-0.05, 0) is 55.7 Å². The van der Waals surface area contributed by atoms with Gasteiger partial charge in [0.15, 0.2) is 0 Å². The Morgan fingerprint density at radius 2 is 1.74 bits per heavy atom. The molecule has 0 saturated heterocycles. The molecule has 2 aliphatic carbocycles. The van der Waals surface area contributed by atoms with Gasteiger partial charge in [-0.2, -0.15) is 0 Å². The van der Waals surface area contributed by atoms with E-state index < -0.39 is 0 Å². The van der Waals surface area contributed by atoms with Crippen LogP contribution in [0.5, 0.6) is 0 Å². The molecular weight excluding hydrogens is 314 g/mol. The fourth-order valence-electron chi connectivity index (χ4n) is 4.04. The summed E-state index contributed by atoms with van der Waals surface area (Å²) in [5.74, 6) is 0.749. The standard InChI is InChI=1S/C17H23N3O2.ClH/c1-9-13(19-10(2)21)4-3-5-14(9)20-17(22)15-11-6-7-12(8-11)16(15)18;/h3-5,11-12,15-16H,6-8,18H2,1-2H3,(H,19,21)(H,20,22);1H. The molecule has 4 N–H and O–H groups in total. The molecule has 5 nitrogen and oxygen atoms in total. The molecule has 0 radical (unpaired) electrons. The van der Waals surface area contributed by atoms with E-state index in [2.05, 4.69) is 10.6 Å². The molecule has 1 aromatic carbocycles. The van der Waals surface area contributed by atoms with E-state index in [1.807, 2.05) is 25.1 Å². The first kappa shape index (κ1) is 17.8. The van der Waals surface area contributed by atoms with Crippen LogP contribution in [0.25, 0.3) is 0 Å². The largest absolute Gasteiger partial charge is 0.327 e. The van der Waals surface area contributed by atoms with E-state index in [4.69, 9.17) is 5.73 Å². The molecule has 4 unspecified atom stereocenters. The number of fused-ring (bicyclic) bond motifs is 2. The maximum atomic E-state index is 12.6. The van der Waals surface area contributed by atoms with Gasteiger partial charge in [0.2, 0.25) is 11.8 Å². The summed E-state index contributed by atoms with van der Waals surface area (Å²) in [4.78, 5) is 23.8. The number of amides is 2. The van der Waals surface area contributed by atoms with Crippen LogP contribution in [-0.4, -0.2) is 17.9 Å². The summed E-state index contributed by atoms with van der Waals surface area (Å²) in [5, 5.41) is 5.79. The van der Waals surface area contributed by atoms with Gasteiger partial charge in [0.25, 0.3) is 0 Å². The lowest BCUT2D eigenvalue weighted by atomic mass is 9.84. The molecule has 2 saturated carbocycles. The molecular formula is C17H24ClN3O2. The summed E-state index contributed by atoms with van der Waals surface area (Å²) in [6, 6.07) is 5.50. The molecule has 0 aromatic heterocycles. The molecule has 2 aliphatic rings. The lowest BCUT2D eigenvalue weighted by Gasteiger charge is -2.27. The predicted octanol–water partition coefficient (Wildman–Crippen LogP) is 2.69. The van der Waals surface area contributed by atoms with Crippen molar-refractivity contribution < 1.29 is 9.59 Å². The molecule has 2 amide bonds. The fourth-order valence-corrected chi connectivity index (χ4v) is 4.04. The first-order valence-corrected chi connectivity index (χ1v) is 7.91. The summed E-state index contributed by atoms with van der Waals surface area (Å²) in [5.41, 5.74) is 8.56. The van der Waals surface area contributed by atoms with E-state index in [-0.39, 0.29) is 36.2 Å². The Hall–Kier alpha value is -1.59. The minimum Gasteiger partial charge on any atom is -0.327 e. The molecule has 126 valence electrons. The first-order chi connectivity index (χ1) is 10.5. The lowest BCUT2D eigenvalue weighted by Crippen LogP contribution is -2.42. The van der Waals surface area contributed by atoms with Crippen molar-refractivity contribution in [1.29, 1.82) is 0 Å². The molecule has 0 aliphatic heterocycles. The molecule has 23 heavy (non-hydrogen) atoms. The molecule has 1 aromatic rings. The molecule has 6 heteroatoms. The highest BCUT2D eigenvalue weighted by Gasteiger charge is 2.49. The van der Waals surface area contributed by atoms with Crippen molar-refractivity contribution in [2.45, 2.75) is 39.2 Å². The number of anilines is 2. The number of carbonyl (C=O) groups excluding carboxylic acids is 2. The molecule has 2 bridgehead atoms. The van der Waals surface area contributed by atoms with Gasteiger partial charge in [-0.1, -0.05) is 6.07 Å². The van der Waals surface area contributed by atoms with Gasteiger partial charge in [0, 0.05) is 24.3 Å². The van der Waals surface area contributed by atoms with E-state index in [0.717, 1.165) is 36.2 Å². The van der Waals surface area contributed by atoms with E-state index in [9.17, 15) is 9.59 Å². The van der Waals surface area contributed by atoms with Gasteiger partial charge in [-0.3, -0.25) is 9.59 Å². The number of hydrogen-bond acceptors (Lipinski definition) is 3. The monoisotopic (exact) mass is 337 g/mol. The SMILES string of the molecule is CC(=O)Nc1cccc(NC(=O)C2C3CCC(C3)C2N)c1C.Cl. The van der Waals surface area contributed by atoms with Gasteiger partial charge in [-0.25, -0.2) is 0 Å². The van der Waals surface area contributed by atoms with Gasteiger partial charge < -0.3 is 16.4 Å². The number of carbonyl (C=O) groups is 2. The quantitative estimate of drug-likeness (QED) is 0.792. The number of hydrogen-bond donors (Lipinski definition) is 3. The Kier molecular flexibility index (Phi) is 5.32. The highest BCUT2D eigenvalue weighted by molar-refractivity contribution is 5.96. The Balaban J connectivity index is 0.00000192. The Bertz CT molecular complexity index is 618. The van der Waals surface area contributed by atoms with Crippen LogP contribution in [0.3, 0.4) is 0 Å². The maximum absolute atomic E-state index is 12.6. The zero-order chi connectivity index (χ0) is 15.9. The summed E-state index contributed by atoms with van der Waals surface area (Å²) < 4.78 is 0.